The van der Waals surface area contributed by atoms with Crippen LogP contribution < -0.4 is 0 Å². The Hall–Kier alpha value is -0.120. The molecule has 3 fully saturated rings. The van der Waals surface area contributed by atoms with Crippen molar-refractivity contribution in [3.8, 4) is 0 Å². The van der Waals surface area contributed by atoms with Gasteiger partial charge in [-0.1, -0.05) is 135 Å². The Morgan fingerprint density at radius 3 is 0.686 bits per heavy atom. The summed E-state index contributed by atoms with van der Waals surface area (Å²) in [5, 5.41) is 0. The van der Waals surface area contributed by atoms with Crippen molar-refractivity contribution in [3.05, 3.63) is 6.92 Å². The summed E-state index contributed by atoms with van der Waals surface area (Å²) < 4.78 is 20.5. The highest BCUT2D eigenvalue weighted by molar-refractivity contribution is 4.75. The second-order valence-electron chi connectivity index (χ2n) is 12.1. The molecule has 0 aliphatic heterocycles. The zero-order valence-electron chi connectivity index (χ0n) is 23.3. The number of rotatable bonds is 6. The summed E-state index contributed by atoms with van der Waals surface area (Å²) in [7, 11) is 0. The van der Waals surface area contributed by atoms with Crippen molar-refractivity contribution < 1.29 is 14.2 Å². The van der Waals surface area contributed by atoms with E-state index in [0.717, 1.165) is 38.5 Å². The second-order valence-corrected chi connectivity index (χ2v) is 12.1. The van der Waals surface area contributed by atoms with E-state index in [-0.39, 0.29) is 18.3 Å². The Labute approximate surface area is 218 Å². The molecule has 0 bridgehead atoms. The van der Waals surface area contributed by atoms with Gasteiger partial charge >= 0.3 is 0 Å². The molecule has 0 spiro atoms. The summed E-state index contributed by atoms with van der Waals surface area (Å²) in [5.41, 5.74) is 0. The van der Waals surface area contributed by atoms with Crippen molar-refractivity contribution in [1.29, 1.82) is 0 Å². The third-order valence-electron chi connectivity index (χ3n) is 8.70. The average Bonchev–Trinajstić information content (AvgIpc) is 2.86. The van der Waals surface area contributed by atoms with Crippen molar-refractivity contribution in [2.45, 2.75) is 198 Å². The molecule has 0 atom stereocenters. The fourth-order valence-corrected chi connectivity index (χ4v) is 6.52. The zero-order valence-corrected chi connectivity index (χ0v) is 23.3. The smallest absolute Gasteiger partial charge is 0.283 e. The molecule has 3 rings (SSSR count). The fraction of sp³-hybridized carbons (Fsp3) is 0.969. The lowest BCUT2D eigenvalue weighted by Crippen LogP contribution is -2.45. The Bertz CT molecular complexity index is 408. The van der Waals surface area contributed by atoms with Crippen LogP contribution in [0.2, 0.25) is 0 Å². The molecule has 0 aromatic heterocycles. The van der Waals surface area contributed by atoms with E-state index in [1.165, 1.54) is 135 Å². The maximum atomic E-state index is 6.82. The van der Waals surface area contributed by atoms with Gasteiger partial charge in [0.2, 0.25) is 0 Å². The average molecular weight is 492 g/mol. The van der Waals surface area contributed by atoms with Gasteiger partial charge in [0.05, 0.1) is 18.3 Å². The van der Waals surface area contributed by atoms with Crippen LogP contribution in [-0.4, -0.2) is 24.3 Å². The van der Waals surface area contributed by atoms with Gasteiger partial charge in [0.15, 0.2) is 0 Å². The maximum Gasteiger partial charge on any atom is 0.283 e. The molecule has 1 radical (unpaired) electrons. The predicted octanol–water partition coefficient (Wildman–Crippen LogP) is 10.2. The summed E-state index contributed by atoms with van der Waals surface area (Å²) >= 11 is 0. The first kappa shape index (κ1) is 29.4. The van der Waals surface area contributed by atoms with Crippen LogP contribution in [0.3, 0.4) is 0 Å². The van der Waals surface area contributed by atoms with Gasteiger partial charge in [0, 0.05) is 6.92 Å². The molecule has 0 amide bonds. The van der Waals surface area contributed by atoms with Gasteiger partial charge in [0.25, 0.3) is 5.97 Å². The third-order valence-corrected chi connectivity index (χ3v) is 8.70. The summed E-state index contributed by atoms with van der Waals surface area (Å²) in [6.45, 7) is 4.57. The summed E-state index contributed by atoms with van der Waals surface area (Å²) in [6.07, 6.45) is 35.4. The van der Waals surface area contributed by atoms with Gasteiger partial charge in [-0.05, 0) is 38.5 Å². The van der Waals surface area contributed by atoms with Gasteiger partial charge < -0.3 is 14.2 Å². The Balaban J connectivity index is 1.67. The van der Waals surface area contributed by atoms with Crippen LogP contribution in [-0.2, 0) is 14.2 Å². The monoisotopic (exact) mass is 491 g/mol. The first-order valence-electron chi connectivity index (χ1n) is 16.1. The molecular formula is C32H59O3. The van der Waals surface area contributed by atoms with E-state index < -0.39 is 5.97 Å². The predicted molar refractivity (Wildman–Crippen MR) is 147 cm³/mol. The third kappa shape index (κ3) is 13.3. The maximum absolute atomic E-state index is 6.82. The van der Waals surface area contributed by atoms with Crippen molar-refractivity contribution in [2.75, 3.05) is 0 Å². The Morgan fingerprint density at radius 2 is 0.486 bits per heavy atom. The van der Waals surface area contributed by atoms with Gasteiger partial charge in [-0.3, -0.25) is 0 Å². The molecule has 0 heterocycles. The van der Waals surface area contributed by atoms with Gasteiger partial charge in [0.1, 0.15) is 0 Å². The molecule has 35 heavy (non-hydrogen) atoms. The normalized spacial score (nSPS) is 25.6. The van der Waals surface area contributed by atoms with Crippen LogP contribution in [0.25, 0.3) is 0 Å². The first-order chi connectivity index (χ1) is 17.2. The largest absolute Gasteiger partial charge is 0.324 e. The SMILES string of the molecule is [CH2]C(OC1CCCCCCCCC1)(OC1CCCCCCCCC1)OC1CCCCCCCCC1. The van der Waals surface area contributed by atoms with E-state index in [1.54, 1.807) is 0 Å². The molecule has 0 saturated heterocycles. The molecule has 3 aliphatic carbocycles. The molecule has 205 valence electrons. The van der Waals surface area contributed by atoms with E-state index in [9.17, 15) is 0 Å². The van der Waals surface area contributed by atoms with Crippen LogP contribution in [0.5, 0.6) is 0 Å². The summed E-state index contributed by atoms with van der Waals surface area (Å²) in [5.74, 6) is -1.14. The van der Waals surface area contributed by atoms with Crippen molar-refractivity contribution in [1.82, 2.24) is 0 Å². The van der Waals surface area contributed by atoms with Gasteiger partial charge in [-0.2, -0.15) is 0 Å². The van der Waals surface area contributed by atoms with E-state index in [2.05, 4.69) is 6.92 Å². The van der Waals surface area contributed by atoms with Crippen molar-refractivity contribution >= 4 is 0 Å². The lowest BCUT2D eigenvalue weighted by Gasteiger charge is -2.39. The first-order valence-corrected chi connectivity index (χ1v) is 16.1. The lowest BCUT2D eigenvalue weighted by molar-refractivity contribution is -0.395. The quantitative estimate of drug-likeness (QED) is 0.346. The topological polar surface area (TPSA) is 27.7 Å². The number of ether oxygens (including phenoxy) is 3. The lowest BCUT2D eigenvalue weighted by atomic mass is 9.98. The number of hydrogen-bond acceptors (Lipinski definition) is 3. The molecule has 0 aromatic carbocycles. The molecular weight excluding hydrogens is 432 g/mol. The minimum atomic E-state index is -1.14. The zero-order chi connectivity index (χ0) is 24.4. The summed E-state index contributed by atoms with van der Waals surface area (Å²) in [4.78, 5) is 0. The molecule has 3 heteroatoms. The second kappa shape index (κ2) is 18.2. The molecule has 0 N–H and O–H groups in total. The highest BCUT2D eigenvalue weighted by Gasteiger charge is 2.36. The fourth-order valence-electron chi connectivity index (χ4n) is 6.52. The molecule has 3 saturated carbocycles. The summed E-state index contributed by atoms with van der Waals surface area (Å²) in [6, 6.07) is 0. The minimum absolute atomic E-state index is 0.213. The van der Waals surface area contributed by atoms with Crippen molar-refractivity contribution in [2.24, 2.45) is 0 Å². The van der Waals surface area contributed by atoms with E-state index in [0.29, 0.717) is 0 Å². The van der Waals surface area contributed by atoms with Crippen LogP contribution in [0, 0.1) is 6.92 Å². The van der Waals surface area contributed by atoms with Crippen LogP contribution in [0.15, 0.2) is 0 Å². The van der Waals surface area contributed by atoms with E-state index in [1.807, 2.05) is 0 Å². The molecule has 3 nitrogen and oxygen atoms in total. The van der Waals surface area contributed by atoms with Crippen molar-refractivity contribution in [3.63, 3.8) is 0 Å². The van der Waals surface area contributed by atoms with Crippen LogP contribution >= 0.6 is 0 Å². The highest BCUT2D eigenvalue weighted by Crippen LogP contribution is 2.32. The highest BCUT2D eigenvalue weighted by atomic mass is 16.9. The Morgan fingerprint density at radius 1 is 0.314 bits per heavy atom. The number of hydrogen-bond donors (Lipinski definition) is 0. The molecule has 0 aromatic rings. The van der Waals surface area contributed by atoms with E-state index >= 15 is 0 Å². The van der Waals surface area contributed by atoms with Gasteiger partial charge in [-0.25, -0.2) is 0 Å². The molecule has 3 aliphatic rings. The van der Waals surface area contributed by atoms with Crippen LogP contribution in [0.4, 0.5) is 0 Å². The standard InChI is InChI=1S/C32H59O3/c1-32(33-29-23-17-11-5-2-6-12-18-24-29,34-30-25-19-13-7-3-8-14-20-26-30)35-31-27-21-15-9-4-10-16-22-28-31/h29-31H,1-28H2. The van der Waals surface area contributed by atoms with Crippen LogP contribution in [0.1, 0.15) is 173 Å². The molecule has 0 unspecified atom stereocenters. The van der Waals surface area contributed by atoms with E-state index in [4.69, 9.17) is 14.2 Å². The van der Waals surface area contributed by atoms with Gasteiger partial charge in [-0.15, -0.1) is 0 Å². The minimum Gasteiger partial charge on any atom is -0.324 e. The Kier molecular flexibility index (Phi) is 15.3.